The summed E-state index contributed by atoms with van der Waals surface area (Å²) in [6.07, 6.45) is 1.45. The van der Waals surface area contributed by atoms with E-state index in [0.717, 1.165) is 0 Å². The maximum absolute atomic E-state index is 9.10. The zero-order valence-corrected chi connectivity index (χ0v) is 12.5. The maximum atomic E-state index is 9.10. The molecular weight excluding hydrogens is 272 g/mol. The Labute approximate surface area is 131 Å². The molecule has 3 nitrogen and oxygen atoms in total. The number of halogens is 2. The van der Waals surface area contributed by atoms with Crippen molar-refractivity contribution in [3.8, 4) is 17.4 Å². The molecule has 0 aliphatic rings. The molecule has 0 saturated carbocycles. The average Bonchev–Trinajstić information content (AvgIpc) is 2.25. The molecule has 0 aliphatic carbocycles. The largest absolute Gasteiger partial charge is 1.00 e. The van der Waals surface area contributed by atoms with Crippen molar-refractivity contribution in [1.82, 2.24) is 4.98 Å². The van der Waals surface area contributed by atoms with Gasteiger partial charge >= 0.3 is 29.6 Å². The summed E-state index contributed by atoms with van der Waals surface area (Å²) in [5, 5.41) is 9.88. The minimum absolute atomic E-state index is 0. The van der Waals surface area contributed by atoms with Gasteiger partial charge in [0.2, 0.25) is 5.88 Å². The van der Waals surface area contributed by atoms with Gasteiger partial charge in [0.05, 0.1) is 5.02 Å². The molecule has 1 aromatic heterocycles. The Kier molecular flexibility index (Phi) is 5.56. The summed E-state index contributed by atoms with van der Waals surface area (Å²) >= 11 is 11.6. The minimum atomic E-state index is 0. The number of nitrogens with zero attached hydrogens (tertiary/aromatic N) is 1. The van der Waals surface area contributed by atoms with E-state index in [9.17, 15) is 0 Å². The van der Waals surface area contributed by atoms with Crippen LogP contribution < -0.4 is 34.3 Å². The third-order valence-corrected chi connectivity index (χ3v) is 2.30. The third kappa shape index (κ3) is 4.05. The van der Waals surface area contributed by atoms with Gasteiger partial charge in [0, 0.05) is 6.20 Å². The fourth-order valence-corrected chi connectivity index (χ4v) is 1.52. The number of phenols is 1. The van der Waals surface area contributed by atoms with Gasteiger partial charge in [-0.15, -0.1) is 0 Å². The van der Waals surface area contributed by atoms with Crippen molar-refractivity contribution in [3.63, 3.8) is 0 Å². The second kappa shape index (κ2) is 6.47. The molecule has 0 atom stereocenters. The first kappa shape index (κ1) is 14.6. The van der Waals surface area contributed by atoms with Crippen LogP contribution in [0.3, 0.4) is 0 Å². The number of benzene rings is 1. The van der Waals surface area contributed by atoms with Crippen LogP contribution in [0.15, 0.2) is 36.5 Å². The number of hydrogen-bond acceptors (Lipinski definition) is 3. The van der Waals surface area contributed by atoms with Crippen LogP contribution in [0.4, 0.5) is 0 Å². The average molecular weight is 279 g/mol. The molecule has 82 valence electrons. The first-order chi connectivity index (χ1) is 7.65. The first-order valence-electron chi connectivity index (χ1n) is 4.43. The van der Waals surface area contributed by atoms with Crippen LogP contribution >= 0.6 is 23.2 Å². The fourth-order valence-electron chi connectivity index (χ4n) is 1.10. The number of aromatic nitrogens is 1. The first-order valence-corrected chi connectivity index (χ1v) is 5.18. The molecule has 1 heterocycles. The normalized spacial score (nSPS) is 9.53. The van der Waals surface area contributed by atoms with E-state index in [1.54, 1.807) is 18.2 Å². The zero-order chi connectivity index (χ0) is 11.5. The van der Waals surface area contributed by atoms with E-state index >= 15 is 0 Å². The van der Waals surface area contributed by atoms with Gasteiger partial charge in [-0.1, -0.05) is 23.2 Å². The Balaban J connectivity index is 0.00000144. The second-order valence-electron chi connectivity index (χ2n) is 3.04. The van der Waals surface area contributed by atoms with Crippen LogP contribution in [-0.2, 0) is 0 Å². The Morgan fingerprint density at radius 3 is 2.35 bits per heavy atom. The number of aromatic hydroxyl groups is 1. The van der Waals surface area contributed by atoms with Gasteiger partial charge < -0.3 is 9.84 Å². The van der Waals surface area contributed by atoms with Gasteiger partial charge in [-0.2, -0.15) is 0 Å². The summed E-state index contributed by atoms with van der Waals surface area (Å²) in [5.74, 6) is 0.980. The van der Waals surface area contributed by atoms with E-state index in [0.29, 0.717) is 15.8 Å². The van der Waals surface area contributed by atoms with Crippen LogP contribution in [0.2, 0.25) is 10.0 Å². The molecule has 2 aromatic rings. The summed E-state index contributed by atoms with van der Waals surface area (Å²) in [6.45, 7) is 0. The quantitative estimate of drug-likeness (QED) is 0.830. The second-order valence-corrected chi connectivity index (χ2v) is 3.88. The number of pyridine rings is 1. The standard InChI is InChI=1S/C11H7Cl2NO2.Na/c12-7-5-10(13)11(14-6-7)16-9-3-1-8(15)2-4-9;/h1-6,15H;/q;+1. The summed E-state index contributed by atoms with van der Waals surface area (Å²) in [5.41, 5.74) is 0. The van der Waals surface area contributed by atoms with Gasteiger partial charge in [-0.25, -0.2) is 4.98 Å². The predicted octanol–water partition coefficient (Wildman–Crippen LogP) is 0.890. The molecule has 6 heteroatoms. The molecule has 0 amide bonds. The molecule has 17 heavy (non-hydrogen) atoms. The van der Waals surface area contributed by atoms with Gasteiger partial charge in [0.1, 0.15) is 16.5 Å². The third-order valence-electron chi connectivity index (χ3n) is 1.83. The fraction of sp³-hybridized carbons (Fsp3) is 0. The van der Waals surface area contributed by atoms with Crippen molar-refractivity contribution in [1.29, 1.82) is 0 Å². The molecule has 1 N–H and O–H groups in total. The number of rotatable bonds is 2. The van der Waals surface area contributed by atoms with Crippen LogP contribution in [-0.4, -0.2) is 10.1 Å². The molecular formula is C11H7Cl2NNaO2+. The van der Waals surface area contributed by atoms with E-state index in [2.05, 4.69) is 4.98 Å². The van der Waals surface area contributed by atoms with Gasteiger partial charge in [-0.3, -0.25) is 0 Å². The topological polar surface area (TPSA) is 42.4 Å². The van der Waals surface area contributed by atoms with Gasteiger partial charge in [0.25, 0.3) is 0 Å². The Morgan fingerprint density at radius 1 is 1.12 bits per heavy atom. The van der Waals surface area contributed by atoms with E-state index in [1.165, 1.54) is 18.3 Å². The molecule has 0 unspecified atom stereocenters. The summed E-state index contributed by atoms with van der Waals surface area (Å²) in [7, 11) is 0. The number of phenolic OH excluding ortho intramolecular Hbond substituents is 1. The minimum Gasteiger partial charge on any atom is -0.508 e. The molecule has 0 spiro atoms. The van der Waals surface area contributed by atoms with E-state index in [1.807, 2.05) is 0 Å². The van der Waals surface area contributed by atoms with Crippen molar-refractivity contribution in [3.05, 3.63) is 46.6 Å². The van der Waals surface area contributed by atoms with Crippen molar-refractivity contribution in [2.24, 2.45) is 0 Å². The van der Waals surface area contributed by atoms with Gasteiger partial charge in [-0.05, 0) is 30.3 Å². The summed E-state index contributed by atoms with van der Waals surface area (Å²) < 4.78 is 5.41. The monoisotopic (exact) mass is 278 g/mol. The number of ether oxygens (including phenoxy) is 1. The number of hydrogen-bond donors (Lipinski definition) is 1. The van der Waals surface area contributed by atoms with E-state index in [-0.39, 0.29) is 41.2 Å². The van der Waals surface area contributed by atoms with Crippen molar-refractivity contribution < 1.29 is 39.4 Å². The summed E-state index contributed by atoms with van der Waals surface area (Å²) in [6, 6.07) is 7.80. The van der Waals surface area contributed by atoms with Gasteiger partial charge in [0.15, 0.2) is 0 Å². The molecule has 0 bridgehead atoms. The van der Waals surface area contributed by atoms with Crippen LogP contribution in [0.25, 0.3) is 0 Å². The molecule has 0 radical (unpaired) electrons. The SMILES string of the molecule is Oc1ccc(Oc2ncc(Cl)cc2Cl)cc1.[Na+]. The maximum Gasteiger partial charge on any atom is 1.00 e. The van der Waals surface area contributed by atoms with Crippen LogP contribution in [0, 0.1) is 0 Å². The van der Waals surface area contributed by atoms with Crippen LogP contribution in [0.1, 0.15) is 0 Å². The zero-order valence-electron chi connectivity index (χ0n) is 9.02. The van der Waals surface area contributed by atoms with E-state index < -0.39 is 0 Å². The Bertz CT molecular complexity index is 505. The molecule has 1 aromatic carbocycles. The van der Waals surface area contributed by atoms with Crippen molar-refractivity contribution in [2.45, 2.75) is 0 Å². The Morgan fingerprint density at radius 2 is 1.76 bits per heavy atom. The molecule has 0 fully saturated rings. The van der Waals surface area contributed by atoms with E-state index in [4.69, 9.17) is 33.0 Å². The molecule has 0 aliphatic heterocycles. The summed E-state index contributed by atoms with van der Waals surface area (Å²) in [4.78, 5) is 3.95. The smallest absolute Gasteiger partial charge is 0.508 e. The molecule has 2 rings (SSSR count). The van der Waals surface area contributed by atoms with Crippen molar-refractivity contribution in [2.75, 3.05) is 0 Å². The van der Waals surface area contributed by atoms with Crippen LogP contribution in [0.5, 0.6) is 17.4 Å². The molecule has 0 saturated heterocycles. The van der Waals surface area contributed by atoms with Crippen molar-refractivity contribution >= 4 is 23.2 Å². The Hall–Kier alpha value is -0.450. The predicted molar refractivity (Wildman–Crippen MR) is 62.4 cm³/mol.